The predicted molar refractivity (Wildman–Crippen MR) is 65.2 cm³/mol. The van der Waals surface area contributed by atoms with Crippen LogP contribution in [0, 0.1) is 5.92 Å². The van der Waals surface area contributed by atoms with Gasteiger partial charge in [0.1, 0.15) is 0 Å². The van der Waals surface area contributed by atoms with E-state index < -0.39 is 0 Å². The number of esters is 1. The molecule has 3 heteroatoms. The van der Waals surface area contributed by atoms with E-state index in [1.54, 1.807) is 0 Å². The normalized spacial score (nSPS) is 18.3. The van der Waals surface area contributed by atoms with Crippen molar-refractivity contribution in [1.29, 1.82) is 0 Å². The summed E-state index contributed by atoms with van der Waals surface area (Å²) in [6, 6.07) is 0. The molecule has 1 heterocycles. The van der Waals surface area contributed by atoms with Gasteiger partial charge >= 0.3 is 5.97 Å². The summed E-state index contributed by atoms with van der Waals surface area (Å²) in [5.74, 6) is 0.129. The highest BCUT2D eigenvalue weighted by molar-refractivity contribution is 5.72. The van der Waals surface area contributed by atoms with Crippen molar-refractivity contribution >= 4 is 5.97 Å². The van der Waals surface area contributed by atoms with Gasteiger partial charge in [0.2, 0.25) is 0 Å². The first-order valence-corrected chi connectivity index (χ1v) is 6.27. The van der Waals surface area contributed by atoms with Crippen LogP contribution < -0.4 is 0 Å². The fourth-order valence-corrected chi connectivity index (χ4v) is 2.11. The standard InChI is InChI=1S/C13H23NO2/c1-3-5-6-9-14-10-7-12(8-11-14)13(15)16-4-2/h3,12H,1,4-11H2,2H3. The van der Waals surface area contributed by atoms with Crippen molar-refractivity contribution in [2.24, 2.45) is 5.92 Å². The first-order valence-electron chi connectivity index (χ1n) is 6.27. The van der Waals surface area contributed by atoms with E-state index in [0.717, 1.165) is 38.9 Å². The minimum absolute atomic E-state index is 0.00626. The summed E-state index contributed by atoms with van der Waals surface area (Å²) in [4.78, 5) is 13.9. The highest BCUT2D eigenvalue weighted by Crippen LogP contribution is 2.18. The van der Waals surface area contributed by atoms with Crippen molar-refractivity contribution in [2.75, 3.05) is 26.2 Å². The second-order valence-electron chi connectivity index (χ2n) is 4.30. The topological polar surface area (TPSA) is 29.5 Å². The Morgan fingerprint density at radius 3 is 2.75 bits per heavy atom. The van der Waals surface area contributed by atoms with Crippen LogP contribution in [0.5, 0.6) is 0 Å². The second kappa shape index (κ2) is 7.44. The zero-order valence-electron chi connectivity index (χ0n) is 10.3. The molecule has 0 aromatic heterocycles. The van der Waals surface area contributed by atoms with Crippen LogP contribution in [0.4, 0.5) is 0 Å². The Bertz CT molecular complexity index is 220. The molecule has 1 aliphatic rings. The third-order valence-corrected chi connectivity index (χ3v) is 3.09. The molecule has 1 saturated heterocycles. The van der Waals surface area contributed by atoms with E-state index in [4.69, 9.17) is 4.74 Å². The third-order valence-electron chi connectivity index (χ3n) is 3.09. The maximum Gasteiger partial charge on any atom is 0.309 e. The van der Waals surface area contributed by atoms with E-state index in [9.17, 15) is 4.79 Å². The number of nitrogens with zero attached hydrogens (tertiary/aromatic N) is 1. The van der Waals surface area contributed by atoms with E-state index in [2.05, 4.69) is 11.5 Å². The summed E-state index contributed by atoms with van der Waals surface area (Å²) < 4.78 is 5.04. The molecular weight excluding hydrogens is 202 g/mol. The Hall–Kier alpha value is -0.830. The molecular formula is C13H23NO2. The van der Waals surface area contributed by atoms with Gasteiger partial charge in [-0.05, 0) is 52.2 Å². The number of carbonyl (C=O) groups excluding carboxylic acids is 1. The van der Waals surface area contributed by atoms with Gasteiger partial charge in [0, 0.05) is 0 Å². The number of allylic oxidation sites excluding steroid dienone is 1. The number of hydrogen-bond acceptors (Lipinski definition) is 3. The lowest BCUT2D eigenvalue weighted by molar-refractivity contribution is -0.149. The van der Waals surface area contributed by atoms with Crippen molar-refractivity contribution in [3.63, 3.8) is 0 Å². The highest BCUT2D eigenvalue weighted by atomic mass is 16.5. The smallest absolute Gasteiger partial charge is 0.309 e. The third kappa shape index (κ3) is 4.35. The molecule has 3 nitrogen and oxygen atoms in total. The van der Waals surface area contributed by atoms with Gasteiger partial charge in [0.05, 0.1) is 12.5 Å². The van der Waals surface area contributed by atoms with E-state index >= 15 is 0 Å². The van der Waals surface area contributed by atoms with Crippen LogP contribution >= 0.6 is 0 Å². The van der Waals surface area contributed by atoms with Gasteiger partial charge in [0.25, 0.3) is 0 Å². The Balaban J connectivity index is 2.17. The number of rotatable bonds is 6. The predicted octanol–water partition coefficient (Wildman–Crippen LogP) is 2.23. The molecule has 0 atom stereocenters. The lowest BCUT2D eigenvalue weighted by Gasteiger charge is -2.30. The van der Waals surface area contributed by atoms with Gasteiger partial charge in [-0.3, -0.25) is 4.79 Å². The number of ether oxygens (including phenoxy) is 1. The van der Waals surface area contributed by atoms with Gasteiger partial charge in [-0.15, -0.1) is 6.58 Å². The first kappa shape index (κ1) is 13.2. The molecule has 1 rings (SSSR count). The van der Waals surface area contributed by atoms with Crippen molar-refractivity contribution in [3.8, 4) is 0 Å². The van der Waals surface area contributed by atoms with Crippen molar-refractivity contribution in [3.05, 3.63) is 12.7 Å². The van der Waals surface area contributed by atoms with Crippen molar-refractivity contribution < 1.29 is 9.53 Å². The van der Waals surface area contributed by atoms with Crippen LogP contribution in [0.15, 0.2) is 12.7 Å². The molecule has 0 unspecified atom stereocenters. The minimum atomic E-state index is -0.00626. The van der Waals surface area contributed by atoms with Gasteiger partial charge < -0.3 is 9.64 Å². The number of piperidine rings is 1. The molecule has 0 N–H and O–H groups in total. The fraction of sp³-hybridized carbons (Fsp3) is 0.769. The van der Waals surface area contributed by atoms with Crippen LogP contribution in [0.2, 0.25) is 0 Å². The molecule has 0 radical (unpaired) electrons. The maximum absolute atomic E-state index is 11.5. The monoisotopic (exact) mass is 225 g/mol. The summed E-state index contributed by atoms with van der Waals surface area (Å²) in [7, 11) is 0. The molecule has 0 aromatic rings. The molecule has 0 aliphatic carbocycles. The number of carbonyl (C=O) groups is 1. The lowest BCUT2D eigenvalue weighted by Crippen LogP contribution is -2.37. The largest absolute Gasteiger partial charge is 0.466 e. The van der Waals surface area contributed by atoms with E-state index in [-0.39, 0.29) is 11.9 Å². The Labute approximate surface area is 98.5 Å². The average Bonchev–Trinajstić information content (AvgIpc) is 2.30. The fourth-order valence-electron chi connectivity index (χ4n) is 2.11. The summed E-state index contributed by atoms with van der Waals surface area (Å²) in [6.07, 6.45) is 6.12. The van der Waals surface area contributed by atoms with E-state index in [1.807, 2.05) is 13.0 Å². The van der Waals surface area contributed by atoms with Crippen LogP contribution in [0.25, 0.3) is 0 Å². The van der Waals surface area contributed by atoms with Gasteiger partial charge in [-0.1, -0.05) is 6.08 Å². The molecule has 0 spiro atoms. The summed E-state index contributed by atoms with van der Waals surface area (Å²) in [5, 5.41) is 0. The highest BCUT2D eigenvalue weighted by Gasteiger charge is 2.25. The van der Waals surface area contributed by atoms with Gasteiger partial charge in [-0.2, -0.15) is 0 Å². The van der Waals surface area contributed by atoms with Crippen LogP contribution in [-0.2, 0) is 9.53 Å². The maximum atomic E-state index is 11.5. The van der Waals surface area contributed by atoms with Crippen molar-refractivity contribution in [2.45, 2.75) is 32.6 Å². The molecule has 0 amide bonds. The Morgan fingerprint density at radius 1 is 1.50 bits per heavy atom. The minimum Gasteiger partial charge on any atom is -0.466 e. The molecule has 92 valence electrons. The van der Waals surface area contributed by atoms with Gasteiger partial charge in [-0.25, -0.2) is 0 Å². The van der Waals surface area contributed by atoms with Crippen LogP contribution in [0.1, 0.15) is 32.6 Å². The molecule has 16 heavy (non-hydrogen) atoms. The molecule has 0 saturated carbocycles. The molecule has 1 fully saturated rings. The summed E-state index contributed by atoms with van der Waals surface area (Å²) >= 11 is 0. The number of likely N-dealkylation sites (tertiary alicyclic amines) is 1. The Morgan fingerprint density at radius 2 is 2.19 bits per heavy atom. The number of hydrogen-bond donors (Lipinski definition) is 0. The quantitative estimate of drug-likeness (QED) is 0.394. The lowest BCUT2D eigenvalue weighted by atomic mass is 9.97. The Kier molecular flexibility index (Phi) is 6.16. The second-order valence-corrected chi connectivity index (χ2v) is 4.30. The zero-order chi connectivity index (χ0) is 11.8. The van der Waals surface area contributed by atoms with Crippen LogP contribution in [0.3, 0.4) is 0 Å². The first-order chi connectivity index (χ1) is 7.77. The van der Waals surface area contributed by atoms with Crippen LogP contribution in [-0.4, -0.2) is 37.1 Å². The summed E-state index contributed by atoms with van der Waals surface area (Å²) in [6.45, 7) is 9.26. The SMILES string of the molecule is C=CCCCN1CCC(C(=O)OCC)CC1. The average molecular weight is 225 g/mol. The van der Waals surface area contributed by atoms with E-state index in [1.165, 1.54) is 6.42 Å². The van der Waals surface area contributed by atoms with Gasteiger partial charge in [0.15, 0.2) is 0 Å². The summed E-state index contributed by atoms with van der Waals surface area (Å²) in [5.41, 5.74) is 0. The van der Waals surface area contributed by atoms with Crippen molar-refractivity contribution in [1.82, 2.24) is 4.90 Å². The molecule has 1 aliphatic heterocycles. The zero-order valence-corrected chi connectivity index (χ0v) is 10.3. The van der Waals surface area contributed by atoms with E-state index in [0.29, 0.717) is 6.61 Å². The molecule has 0 aromatic carbocycles. The molecule has 0 bridgehead atoms. The number of unbranched alkanes of at least 4 members (excludes halogenated alkanes) is 1.